The summed E-state index contributed by atoms with van der Waals surface area (Å²) in [7, 11) is 0. The molecule has 0 aliphatic heterocycles. The fourth-order valence-electron chi connectivity index (χ4n) is 1.27. The molecule has 0 N–H and O–H groups in total. The average molecular weight is 231 g/mol. The summed E-state index contributed by atoms with van der Waals surface area (Å²) < 4.78 is 0. The highest BCUT2D eigenvalue weighted by Gasteiger charge is 2.16. The number of carbonyl (C=O) groups excluding carboxylic acids is 1. The molecule has 0 spiro atoms. The van der Waals surface area contributed by atoms with Crippen molar-refractivity contribution in [3.8, 4) is 0 Å². The number of carbonyl (C=O) groups is 1. The third kappa shape index (κ3) is 2.49. The minimum absolute atomic E-state index is 0.0336. The molecule has 0 amide bonds. The summed E-state index contributed by atoms with van der Waals surface area (Å²) in [6.45, 7) is 3.86. The van der Waals surface area contributed by atoms with Gasteiger partial charge in [-0.3, -0.25) is 0 Å². The molecule has 2 unspecified atom stereocenters. The average Bonchev–Trinajstić information content (AvgIpc) is 2.15. The van der Waals surface area contributed by atoms with E-state index in [-0.39, 0.29) is 11.8 Å². The topological polar surface area (TPSA) is 17.1 Å². The first-order chi connectivity index (χ1) is 6.56. The first-order valence-corrected chi connectivity index (χ1v) is 5.22. The van der Waals surface area contributed by atoms with Crippen molar-refractivity contribution >= 4 is 29.5 Å². The summed E-state index contributed by atoms with van der Waals surface area (Å²) in [4.78, 5) is 10.6. The van der Waals surface area contributed by atoms with Crippen molar-refractivity contribution in [3.63, 3.8) is 0 Å². The zero-order chi connectivity index (χ0) is 10.7. The van der Waals surface area contributed by atoms with Crippen LogP contribution in [0.25, 0.3) is 0 Å². The third-order valence-electron chi connectivity index (χ3n) is 2.46. The van der Waals surface area contributed by atoms with Gasteiger partial charge in [0.1, 0.15) is 6.29 Å². The Morgan fingerprint density at radius 1 is 1.29 bits per heavy atom. The molecule has 0 aromatic heterocycles. The van der Waals surface area contributed by atoms with Crippen LogP contribution in [0.3, 0.4) is 0 Å². The predicted octanol–water partition coefficient (Wildman–Crippen LogP) is 3.93. The maximum absolute atomic E-state index is 10.6. The van der Waals surface area contributed by atoms with E-state index in [4.69, 9.17) is 23.2 Å². The first kappa shape index (κ1) is 11.5. The van der Waals surface area contributed by atoms with Crippen molar-refractivity contribution in [3.05, 3.63) is 33.8 Å². The van der Waals surface area contributed by atoms with Crippen molar-refractivity contribution in [2.45, 2.75) is 19.8 Å². The Bertz CT molecular complexity index is 336. The van der Waals surface area contributed by atoms with E-state index in [1.165, 1.54) is 0 Å². The second-order valence-corrected chi connectivity index (χ2v) is 4.29. The second-order valence-electron chi connectivity index (χ2n) is 3.45. The van der Waals surface area contributed by atoms with Crippen LogP contribution in [0.2, 0.25) is 10.0 Å². The molecular weight excluding hydrogens is 219 g/mol. The quantitative estimate of drug-likeness (QED) is 0.720. The van der Waals surface area contributed by atoms with E-state index < -0.39 is 0 Å². The van der Waals surface area contributed by atoms with Crippen molar-refractivity contribution < 1.29 is 4.79 Å². The fourth-order valence-corrected chi connectivity index (χ4v) is 1.85. The van der Waals surface area contributed by atoms with Crippen LogP contribution in [0.5, 0.6) is 0 Å². The minimum atomic E-state index is -0.0336. The largest absolute Gasteiger partial charge is 0.303 e. The van der Waals surface area contributed by atoms with Gasteiger partial charge in [-0.25, -0.2) is 0 Å². The van der Waals surface area contributed by atoms with Gasteiger partial charge in [-0.15, -0.1) is 0 Å². The van der Waals surface area contributed by atoms with Crippen LogP contribution in [0.15, 0.2) is 18.2 Å². The Hall–Kier alpha value is -0.530. The lowest BCUT2D eigenvalue weighted by Crippen LogP contribution is -2.07. The third-order valence-corrected chi connectivity index (χ3v) is 3.02. The molecule has 76 valence electrons. The van der Waals surface area contributed by atoms with Gasteiger partial charge < -0.3 is 4.79 Å². The van der Waals surface area contributed by atoms with E-state index >= 15 is 0 Å². The van der Waals surface area contributed by atoms with E-state index in [0.717, 1.165) is 11.8 Å². The smallest absolute Gasteiger partial charge is 0.123 e. The van der Waals surface area contributed by atoms with Crippen molar-refractivity contribution in [1.82, 2.24) is 0 Å². The number of aldehydes is 1. The Balaban J connectivity index is 3.01. The lowest BCUT2D eigenvalue weighted by molar-refractivity contribution is -0.111. The molecule has 2 atom stereocenters. The van der Waals surface area contributed by atoms with Gasteiger partial charge in [-0.1, -0.05) is 43.1 Å². The number of rotatable bonds is 3. The van der Waals surface area contributed by atoms with Gasteiger partial charge >= 0.3 is 0 Å². The van der Waals surface area contributed by atoms with Crippen molar-refractivity contribution in [2.24, 2.45) is 5.92 Å². The lowest BCUT2D eigenvalue weighted by atomic mass is 9.90. The normalized spacial score (nSPS) is 14.9. The fraction of sp³-hybridized carbons (Fsp3) is 0.364. The van der Waals surface area contributed by atoms with E-state index in [9.17, 15) is 4.79 Å². The summed E-state index contributed by atoms with van der Waals surface area (Å²) in [5, 5.41) is 1.24. The van der Waals surface area contributed by atoms with Crippen LogP contribution in [-0.4, -0.2) is 6.29 Å². The molecule has 1 rings (SSSR count). The van der Waals surface area contributed by atoms with Crippen LogP contribution in [-0.2, 0) is 4.79 Å². The van der Waals surface area contributed by atoms with Gasteiger partial charge in [0.05, 0.1) is 0 Å². The molecule has 0 radical (unpaired) electrons. The maximum Gasteiger partial charge on any atom is 0.123 e. The molecule has 1 aromatic rings. The van der Waals surface area contributed by atoms with Crippen LogP contribution in [0, 0.1) is 5.92 Å². The van der Waals surface area contributed by atoms with Gasteiger partial charge in [-0.05, 0) is 23.6 Å². The van der Waals surface area contributed by atoms with E-state index in [0.29, 0.717) is 10.0 Å². The van der Waals surface area contributed by atoms with Crippen molar-refractivity contribution in [2.75, 3.05) is 0 Å². The number of hydrogen-bond acceptors (Lipinski definition) is 1. The molecule has 0 saturated carbocycles. The molecule has 1 aromatic carbocycles. The predicted molar refractivity (Wildman–Crippen MR) is 60.1 cm³/mol. The van der Waals surface area contributed by atoms with Gasteiger partial charge in [0.2, 0.25) is 0 Å². The van der Waals surface area contributed by atoms with Gasteiger partial charge in [0.25, 0.3) is 0 Å². The zero-order valence-electron chi connectivity index (χ0n) is 8.13. The summed E-state index contributed by atoms with van der Waals surface area (Å²) in [5.74, 6) is 0.0888. The molecular formula is C11H12Cl2O. The summed E-state index contributed by atoms with van der Waals surface area (Å²) in [6, 6.07) is 5.36. The minimum Gasteiger partial charge on any atom is -0.303 e. The summed E-state index contributed by atoms with van der Waals surface area (Å²) >= 11 is 11.8. The SMILES string of the molecule is CC(C=O)C(C)c1ccc(Cl)cc1Cl. The Labute approximate surface area is 94.0 Å². The zero-order valence-corrected chi connectivity index (χ0v) is 9.64. The molecule has 0 aliphatic carbocycles. The summed E-state index contributed by atoms with van der Waals surface area (Å²) in [5.41, 5.74) is 0.968. The molecule has 3 heteroatoms. The molecule has 0 saturated heterocycles. The second kappa shape index (κ2) is 4.81. The highest BCUT2D eigenvalue weighted by atomic mass is 35.5. The molecule has 0 fully saturated rings. The molecule has 0 heterocycles. The monoisotopic (exact) mass is 230 g/mol. The maximum atomic E-state index is 10.6. The number of halogens is 2. The standard InChI is InChI=1S/C11H12Cl2O/c1-7(6-14)8(2)10-4-3-9(12)5-11(10)13/h3-8H,1-2H3. The highest BCUT2D eigenvalue weighted by molar-refractivity contribution is 6.35. The van der Waals surface area contributed by atoms with E-state index in [1.54, 1.807) is 12.1 Å². The van der Waals surface area contributed by atoms with Crippen molar-refractivity contribution in [1.29, 1.82) is 0 Å². The van der Waals surface area contributed by atoms with Gasteiger partial charge in [0.15, 0.2) is 0 Å². The van der Waals surface area contributed by atoms with E-state index in [1.807, 2.05) is 19.9 Å². The molecule has 14 heavy (non-hydrogen) atoms. The van der Waals surface area contributed by atoms with E-state index in [2.05, 4.69) is 0 Å². The number of hydrogen-bond donors (Lipinski definition) is 0. The Kier molecular flexibility index (Phi) is 3.97. The Morgan fingerprint density at radius 3 is 2.43 bits per heavy atom. The van der Waals surface area contributed by atoms with Crippen LogP contribution < -0.4 is 0 Å². The Morgan fingerprint density at radius 2 is 1.93 bits per heavy atom. The molecule has 1 nitrogen and oxygen atoms in total. The van der Waals surface area contributed by atoms with Crippen LogP contribution >= 0.6 is 23.2 Å². The lowest BCUT2D eigenvalue weighted by Gasteiger charge is -2.16. The first-order valence-electron chi connectivity index (χ1n) is 4.46. The number of benzene rings is 1. The highest BCUT2D eigenvalue weighted by Crippen LogP contribution is 2.30. The summed E-state index contributed by atoms with van der Waals surface area (Å²) in [6.07, 6.45) is 0.940. The van der Waals surface area contributed by atoms with Gasteiger partial charge in [0, 0.05) is 16.0 Å². The molecule has 0 bridgehead atoms. The van der Waals surface area contributed by atoms with Crippen LogP contribution in [0.1, 0.15) is 25.3 Å². The van der Waals surface area contributed by atoms with Gasteiger partial charge in [-0.2, -0.15) is 0 Å². The van der Waals surface area contributed by atoms with Crippen LogP contribution in [0.4, 0.5) is 0 Å². The molecule has 0 aliphatic rings.